The highest BCUT2D eigenvalue weighted by atomic mass is 35.5. The summed E-state index contributed by atoms with van der Waals surface area (Å²) in [7, 11) is -4.26. The zero-order valence-corrected chi connectivity index (χ0v) is 14.4. The maximum atomic E-state index is 12.7. The van der Waals surface area contributed by atoms with Crippen molar-refractivity contribution in [2.45, 2.75) is 4.90 Å². The summed E-state index contributed by atoms with van der Waals surface area (Å²) in [5, 5.41) is 8.35. The molecular weight excluding hydrogens is 370 g/mol. The highest BCUT2D eigenvalue weighted by Gasteiger charge is 2.46. The third-order valence-corrected chi connectivity index (χ3v) is 5.66. The van der Waals surface area contributed by atoms with Crippen LogP contribution >= 0.6 is 23.8 Å². The molecule has 0 saturated carbocycles. The number of urea groups is 1. The van der Waals surface area contributed by atoms with Gasteiger partial charge in [-0.25, -0.2) is 18.1 Å². The molecule has 0 aliphatic carbocycles. The third kappa shape index (κ3) is 2.58. The Kier molecular flexibility index (Phi) is 4.12. The van der Waals surface area contributed by atoms with E-state index in [1.807, 2.05) is 0 Å². The van der Waals surface area contributed by atoms with Gasteiger partial charge in [0.15, 0.2) is 10.8 Å². The first-order valence-electron chi connectivity index (χ1n) is 6.67. The Hall–Kier alpha value is -2.29. The van der Waals surface area contributed by atoms with Gasteiger partial charge < -0.3 is 0 Å². The number of sulfonamides is 1. The summed E-state index contributed by atoms with van der Waals surface area (Å²) in [4.78, 5) is 13.3. The maximum absolute atomic E-state index is 12.7. The molecule has 1 N–H and O–H groups in total. The minimum Gasteiger partial charge on any atom is -0.281 e. The topological polar surface area (TPSA) is 81.5 Å². The van der Waals surface area contributed by atoms with E-state index in [0.29, 0.717) is 15.0 Å². The minimum atomic E-state index is -4.26. The van der Waals surface area contributed by atoms with Crippen molar-refractivity contribution in [3.8, 4) is 0 Å². The fraction of sp³-hybridized carbons (Fsp3) is 0. The van der Waals surface area contributed by atoms with Gasteiger partial charge in [0, 0.05) is 5.02 Å². The summed E-state index contributed by atoms with van der Waals surface area (Å²) in [5.74, 6) is -0.561. The van der Waals surface area contributed by atoms with Crippen molar-refractivity contribution < 1.29 is 13.2 Å². The Morgan fingerprint density at radius 1 is 1.00 bits per heavy atom. The molecule has 1 fully saturated rings. The SMILES string of the molecule is N=C1C(=S)N(c2ccccc2)C(=O)N1S(=O)(=O)c1ccc(Cl)cc1. The predicted octanol–water partition coefficient (Wildman–Crippen LogP) is 3.28. The monoisotopic (exact) mass is 379 g/mol. The first-order valence-corrected chi connectivity index (χ1v) is 8.89. The van der Waals surface area contributed by atoms with Crippen LogP contribution in [-0.4, -0.2) is 29.6 Å². The van der Waals surface area contributed by atoms with Gasteiger partial charge in [0.2, 0.25) is 0 Å². The number of carbonyl (C=O) groups excluding carboxylic acids is 1. The van der Waals surface area contributed by atoms with Crippen LogP contribution in [0.2, 0.25) is 5.02 Å². The highest BCUT2D eigenvalue weighted by Crippen LogP contribution is 2.28. The number of anilines is 1. The molecule has 1 heterocycles. The van der Waals surface area contributed by atoms with E-state index in [1.165, 1.54) is 24.3 Å². The first-order chi connectivity index (χ1) is 11.3. The molecule has 1 aliphatic heterocycles. The Balaban J connectivity index is 2.06. The molecule has 1 saturated heterocycles. The number of carbonyl (C=O) groups is 1. The average molecular weight is 380 g/mol. The first kappa shape index (κ1) is 16.6. The fourth-order valence-corrected chi connectivity index (χ4v) is 3.97. The molecular formula is C15H10ClN3O3S2. The molecule has 3 rings (SSSR count). The second-order valence-electron chi connectivity index (χ2n) is 4.83. The Morgan fingerprint density at radius 2 is 1.58 bits per heavy atom. The maximum Gasteiger partial charge on any atom is 0.349 e. The molecule has 0 atom stereocenters. The molecule has 0 aromatic heterocycles. The third-order valence-electron chi connectivity index (χ3n) is 3.34. The van der Waals surface area contributed by atoms with E-state index in [-0.39, 0.29) is 9.88 Å². The van der Waals surface area contributed by atoms with E-state index in [4.69, 9.17) is 29.2 Å². The molecule has 24 heavy (non-hydrogen) atoms. The highest BCUT2D eigenvalue weighted by molar-refractivity contribution is 7.91. The van der Waals surface area contributed by atoms with E-state index in [1.54, 1.807) is 30.3 Å². The van der Waals surface area contributed by atoms with Crippen LogP contribution in [0.5, 0.6) is 0 Å². The van der Waals surface area contributed by atoms with Crippen molar-refractivity contribution in [2.75, 3.05) is 4.90 Å². The molecule has 2 aromatic rings. The Labute approximate surface area is 148 Å². The number of nitrogens with one attached hydrogen (secondary N) is 1. The average Bonchev–Trinajstić information content (AvgIpc) is 2.78. The van der Waals surface area contributed by atoms with E-state index in [9.17, 15) is 13.2 Å². The summed E-state index contributed by atoms with van der Waals surface area (Å²) in [5.41, 5.74) is 0.394. The van der Waals surface area contributed by atoms with Crippen LogP contribution in [0.3, 0.4) is 0 Å². The van der Waals surface area contributed by atoms with Crippen molar-refractivity contribution in [3.63, 3.8) is 0 Å². The molecule has 2 amide bonds. The smallest absolute Gasteiger partial charge is 0.281 e. The van der Waals surface area contributed by atoms with E-state index < -0.39 is 21.9 Å². The van der Waals surface area contributed by atoms with Crippen molar-refractivity contribution in [3.05, 3.63) is 59.6 Å². The van der Waals surface area contributed by atoms with Gasteiger partial charge >= 0.3 is 6.03 Å². The van der Waals surface area contributed by atoms with Crippen molar-refractivity contribution in [1.82, 2.24) is 4.31 Å². The summed E-state index contributed by atoms with van der Waals surface area (Å²) >= 11 is 10.9. The number of nitrogens with zero attached hydrogens (tertiary/aromatic N) is 2. The number of hydrogen-bond donors (Lipinski definition) is 1. The van der Waals surface area contributed by atoms with Gasteiger partial charge in [0.1, 0.15) is 0 Å². The number of para-hydroxylation sites is 1. The summed E-state index contributed by atoms with van der Waals surface area (Å²) in [6, 6.07) is 12.8. The lowest BCUT2D eigenvalue weighted by atomic mass is 10.3. The number of thiocarbonyl (C=S) groups is 1. The molecule has 9 heteroatoms. The van der Waals surface area contributed by atoms with Crippen LogP contribution in [0.15, 0.2) is 59.5 Å². The summed E-state index contributed by atoms with van der Waals surface area (Å²) in [6.07, 6.45) is 0. The summed E-state index contributed by atoms with van der Waals surface area (Å²) < 4.78 is 25.8. The van der Waals surface area contributed by atoms with Crippen molar-refractivity contribution >= 4 is 56.4 Å². The van der Waals surface area contributed by atoms with Gasteiger partial charge in [-0.3, -0.25) is 5.41 Å². The normalized spacial score (nSPS) is 15.3. The second kappa shape index (κ2) is 5.97. The van der Waals surface area contributed by atoms with Crippen LogP contribution < -0.4 is 4.90 Å². The standard InChI is InChI=1S/C15H10ClN3O3S2/c16-10-6-8-12(9-7-10)24(21,22)19-13(17)14(23)18(15(19)20)11-4-2-1-3-5-11/h1-9,17H. The lowest BCUT2D eigenvalue weighted by Gasteiger charge is -2.17. The summed E-state index contributed by atoms with van der Waals surface area (Å²) in [6.45, 7) is 0. The van der Waals surface area contributed by atoms with E-state index >= 15 is 0 Å². The molecule has 122 valence electrons. The number of halogens is 1. The minimum absolute atomic E-state index is 0.150. The quantitative estimate of drug-likeness (QED) is 0.830. The molecule has 0 radical (unpaired) electrons. The van der Waals surface area contributed by atoms with Crippen LogP contribution in [0.4, 0.5) is 10.5 Å². The van der Waals surface area contributed by atoms with Crippen LogP contribution in [-0.2, 0) is 10.0 Å². The number of amides is 2. The van der Waals surface area contributed by atoms with Crippen molar-refractivity contribution in [2.24, 2.45) is 0 Å². The van der Waals surface area contributed by atoms with Crippen LogP contribution in [0.25, 0.3) is 0 Å². The van der Waals surface area contributed by atoms with E-state index in [2.05, 4.69) is 0 Å². The molecule has 0 unspecified atom stereocenters. The Morgan fingerprint density at radius 3 is 2.17 bits per heavy atom. The molecule has 6 nitrogen and oxygen atoms in total. The second-order valence-corrected chi connectivity index (χ2v) is 7.44. The van der Waals surface area contributed by atoms with Gasteiger partial charge in [0.05, 0.1) is 10.6 Å². The van der Waals surface area contributed by atoms with Gasteiger partial charge in [-0.05, 0) is 36.4 Å². The van der Waals surface area contributed by atoms with Gasteiger partial charge in [-0.2, -0.15) is 4.31 Å². The molecule has 0 spiro atoms. The van der Waals surface area contributed by atoms with Crippen molar-refractivity contribution in [1.29, 1.82) is 5.41 Å². The number of rotatable bonds is 3. The van der Waals surface area contributed by atoms with Crippen LogP contribution in [0.1, 0.15) is 0 Å². The largest absolute Gasteiger partial charge is 0.349 e. The van der Waals surface area contributed by atoms with Gasteiger partial charge in [0.25, 0.3) is 10.0 Å². The Bertz CT molecular complexity index is 944. The zero-order chi connectivity index (χ0) is 17.5. The number of benzene rings is 2. The molecule has 0 bridgehead atoms. The molecule has 2 aromatic carbocycles. The lowest BCUT2D eigenvalue weighted by Crippen LogP contribution is -2.37. The fourth-order valence-electron chi connectivity index (χ4n) is 2.21. The van der Waals surface area contributed by atoms with Gasteiger partial charge in [-0.15, -0.1) is 0 Å². The van der Waals surface area contributed by atoms with Crippen LogP contribution in [0, 0.1) is 5.41 Å². The van der Waals surface area contributed by atoms with E-state index in [0.717, 1.165) is 4.90 Å². The number of amidine groups is 1. The zero-order valence-electron chi connectivity index (χ0n) is 12.0. The molecule has 1 aliphatic rings. The van der Waals surface area contributed by atoms with Gasteiger partial charge in [-0.1, -0.05) is 42.0 Å². The lowest BCUT2D eigenvalue weighted by molar-refractivity contribution is 0.244. The predicted molar refractivity (Wildman–Crippen MR) is 95.1 cm³/mol. The number of hydrogen-bond acceptors (Lipinski definition) is 5.